The number of thiophene rings is 1. The molecule has 7 heteroatoms. The first-order valence-corrected chi connectivity index (χ1v) is 7.47. The van der Waals surface area contributed by atoms with E-state index in [2.05, 4.69) is 63.1 Å². The minimum atomic E-state index is 0.712. The monoisotopic (exact) mass is 425 g/mol. The van der Waals surface area contributed by atoms with E-state index in [-0.39, 0.29) is 0 Å². The van der Waals surface area contributed by atoms with E-state index in [9.17, 15) is 0 Å². The van der Waals surface area contributed by atoms with E-state index in [1.165, 1.54) is 0 Å². The normalized spacial score (nSPS) is 10.5. The van der Waals surface area contributed by atoms with Crippen molar-refractivity contribution in [3.05, 3.63) is 25.0 Å². The highest BCUT2D eigenvalue weighted by Crippen LogP contribution is 2.37. The smallest absolute Gasteiger partial charge is 0.171 e. The Morgan fingerprint density at radius 1 is 1.25 bits per heavy atom. The molecule has 0 saturated heterocycles. The number of hydrogen-bond donors (Lipinski definition) is 1. The molecule has 0 aliphatic carbocycles. The zero-order valence-electron chi connectivity index (χ0n) is 8.09. The Morgan fingerprint density at radius 3 is 2.56 bits per heavy atom. The van der Waals surface area contributed by atoms with E-state index < -0.39 is 0 Å². The molecule has 0 spiro atoms. The highest BCUT2D eigenvalue weighted by Gasteiger charge is 2.10. The maximum atomic E-state index is 4.42. The van der Waals surface area contributed by atoms with Crippen LogP contribution in [-0.2, 0) is 0 Å². The third kappa shape index (κ3) is 2.47. The third-order valence-corrected chi connectivity index (χ3v) is 5.68. The van der Waals surface area contributed by atoms with E-state index in [0.717, 1.165) is 23.4 Å². The second-order valence-electron chi connectivity index (χ2n) is 2.87. The predicted octanol–water partition coefficient (Wildman–Crippen LogP) is 4.53. The number of hydrogen-bond acceptors (Lipinski definition) is 4. The Kier molecular flexibility index (Phi) is 3.99. The zero-order chi connectivity index (χ0) is 11.7. The summed E-state index contributed by atoms with van der Waals surface area (Å²) in [6.45, 7) is 0. The second-order valence-corrected chi connectivity index (χ2v) is 6.95. The van der Waals surface area contributed by atoms with Crippen molar-refractivity contribution in [2.45, 2.75) is 0 Å². The Bertz CT molecular complexity index is 507. The average molecular weight is 428 g/mol. The zero-order valence-corrected chi connectivity index (χ0v) is 13.7. The van der Waals surface area contributed by atoms with E-state index in [0.29, 0.717) is 5.82 Å². The van der Waals surface area contributed by atoms with Crippen LogP contribution in [0.3, 0.4) is 0 Å². The summed E-state index contributed by atoms with van der Waals surface area (Å²) in [6.07, 6.45) is 1.75. The van der Waals surface area contributed by atoms with Gasteiger partial charge in [-0.25, -0.2) is 9.97 Å². The van der Waals surface area contributed by atoms with Gasteiger partial charge in [0.15, 0.2) is 5.82 Å². The Morgan fingerprint density at radius 2 is 2.00 bits per heavy atom. The summed E-state index contributed by atoms with van der Waals surface area (Å²) in [4.78, 5) is 9.71. The first-order chi connectivity index (χ1) is 7.61. The summed E-state index contributed by atoms with van der Waals surface area (Å²) in [5, 5.41) is 3.01. The Balaban J connectivity index is 2.48. The highest BCUT2D eigenvalue weighted by atomic mass is 79.9. The van der Waals surface area contributed by atoms with Gasteiger partial charge in [0.2, 0.25) is 0 Å². The molecule has 0 radical (unpaired) electrons. The summed E-state index contributed by atoms with van der Waals surface area (Å²) in [6, 6.07) is 2.00. The lowest BCUT2D eigenvalue weighted by Crippen LogP contribution is -1.96. The molecule has 2 rings (SSSR count). The van der Waals surface area contributed by atoms with Crippen LogP contribution in [0.5, 0.6) is 0 Å². The standard InChI is InChI=1S/C9H6Br3N3S/c1-13-8-5(11)3-14-9(15-8)6-2-4(10)7(12)16-6/h2-3H,1H3,(H,13,14,15). The van der Waals surface area contributed by atoms with Gasteiger partial charge in [0.05, 0.1) is 13.1 Å². The van der Waals surface area contributed by atoms with Gasteiger partial charge in [-0.15, -0.1) is 11.3 Å². The van der Waals surface area contributed by atoms with Gasteiger partial charge in [0, 0.05) is 17.7 Å². The van der Waals surface area contributed by atoms with Crippen LogP contribution in [0.4, 0.5) is 5.82 Å². The number of halogens is 3. The largest absolute Gasteiger partial charge is 0.372 e. The van der Waals surface area contributed by atoms with Gasteiger partial charge in [0.1, 0.15) is 5.82 Å². The summed E-state index contributed by atoms with van der Waals surface area (Å²) in [5.74, 6) is 1.49. The van der Waals surface area contributed by atoms with Gasteiger partial charge in [-0.2, -0.15) is 0 Å². The van der Waals surface area contributed by atoms with Crippen LogP contribution in [0, 0.1) is 0 Å². The van der Waals surface area contributed by atoms with Crippen molar-refractivity contribution >= 4 is 64.9 Å². The topological polar surface area (TPSA) is 37.8 Å². The van der Waals surface area contributed by atoms with Crippen LogP contribution in [-0.4, -0.2) is 17.0 Å². The Labute approximate surface area is 122 Å². The minimum absolute atomic E-state index is 0.712. The molecule has 0 fully saturated rings. The maximum absolute atomic E-state index is 4.42. The van der Waals surface area contributed by atoms with Gasteiger partial charge < -0.3 is 5.32 Å². The lowest BCUT2D eigenvalue weighted by molar-refractivity contribution is 1.16. The summed E-state index contributed by atoms with van der Waals surface area (Å²) in [7, 11) is 1.83. The molecule has 0 atom stereocenters. The number of nitrogens with zero attached hydrogens (tertiary/aromatic N) is 2. The molecule has 0 bridgehead atoms. The maximum Gasteiger partial charge on any atom is 0.171 e. The van der Waals surface area contributed by atoms with Crippen LogP contribution in [0.15, 0.2) is 25.0 Å². The van der Waals surface area contributed by atoms with Gasteiger partial charge in [-0.05, 0) is 53.9 Å². The van der Waals surface area contributed by atoms with Crippen molar-refractivity contribution in [2.24, 2.45) is 0 Å². The van der Waals surface area contributed by atoms with Crippen molar-refractivity contribution in [2.75, 3.05) is 12.4 Å². The first kappa shape index (κ1) is 12.5. The fraction of sp³-hybridized carbons (Fsp3) is 0.111. The first-order valence-electron chi connectivity index (χ1n) is 4.27. The molecule has 0 aliphatic rings. The summed E-state index contributed by atoms with van der Waals surface area (Å²) >= 11 is 11.9. The van der Waals surface area contributed by atoms with E-state index in [1.807, 2.05) is 13.1 Å². The second kappa shape index (κ2) is 5.12. The fourth-order valence-corrected chi connectivity index (χ4v) is 3.48. The molecule has 2 aromatic heterocycles. The van der Waals surface area contributed by atoms with Crippen LogP contribution in [0.1, 0.15) is 0 Å². The summed E-state index contributed by atoms with van der Waals surface area (Å²) in [5.41, 5.74) is 0. The average Bonchev–Trinajstić information content (AvgIpc) is 2.60. The molecule has 0 saturated carbocycles. The van der Waals surface area contributed by atoms with Crippen molar-refractivity contribution in [3.8, 4) is 10.7 Å². The van der Waals surface area contributed by atoms with Gasteiger partial charge >= 0.3 is 0 Å². The SMILES string of the molecule is CNc1nc(-c2cc(Br)c(Br)s2)ncc1Br. The van der Waals surface area contributed by atoms with E-state index in [4.69, 9.17) is 0 Å². The van der Waals surface area contributed by atoms with Crippen LogP contribution in [0.25, 0.3) is 10.7 Å². The van der Waals surface area contributed by atoms with Crippen molar-refractivity contribution in [3.63, 3.8) is 0 Å². The number of aromatic nitrogens is 2. The van der Waals surface area contributed by atoms with Crippen LogP contribution < -0.4 is 5.32 Å². The molecule has 0 unspecified atom stereocenters. The molecule has 0 amide bonds. The molecular weight excluding hydrogens is 422 g/mol. The third-order valence-electron chi connectivity index (χ3n) is 1.85. The molecule has 2 heterocycles. The number of rotatable bonds is 2. The molecule has 2 aromatic rings. The highest BCUT2D eigenvalue weighted by molar-refractivity contribution is 9.13. The van der Waals surface area contributed by atoms with Gasteiger partial charge in [-0.3, -0.25) is 0 Å². The molecular formula is C9H6Br3N3S. The molecule has 1 N–H and O–H groups in total. The molecule has 84 valence electrons. The Hall–Kier alpha value is 0.0200. The lowest BCUT2D eigenvalue weighted by Gasteiger charge is -2.03. The minimum Gasteiger partial charge on any atom is -0.372 e. The van der Waals surface area contributed by atoms with Crippen LogP contribution >= 0.6 is 59.1 Å². The lowest BCUT2D eigenvalue weighted by atomic mass is 10.4. The molecule has 0 aliphatic heterocycles. The van der Waals surface area contributed by atoms with E-state index >= 15 is 0 Å². The van der Waals surface area contributed by atoms with Crippen LogP contribution in [0.2, 0.25) is 0 Å². The van der Waals surface area contributed by atoms with Crippen molar-refractivity contribution in [1.29, 1.82) is 0 Å². The van der Waals surface area contributed by atoms with Crippen molar-refractivity contribution < 1.29 is 0 Å². The number of nitrogens with one attached hydrogen (secondary N) is 1. The van der Waals surface area contributed by atoms with Gasteiger partial charge in [-0.1, -0.05) is 0 Å². The van der Waals surface area contributed by atoms with Gasteiger partial charge in [0.25, 0.3) is 0 Å². The number of anilines is 1. The molecule has 0 aromatic carbocycles. The fourth-order valence-electron chi connectivity index (χ4n) is 1.12. The predicted molar refractivity (Wildman–Crippen MR) is 78.0 cm³/mol. The van der Waals surface area contributed by atoms with Crippen molar-refractivity contribution in [1.82, 2.24) is 9.97 Å². The molecule has 16 heavy (non-hydrogen) atoms. The quantitative estimate of drug-likeness (QED) is 0.764. The van der Waals surface area contributed by atoms with E-state index in [1.54, 1.807) is 17.5 Å². The molecule has 3 nitrogen and oxygen atoms in total. The summed E-state index contributed by atoms with van der Waals surface area (Å²) < 4.78 is 2.92.